The van der Waals surface area contributed by atoms with E-state index in [0.717, 1.165) is 22.8 Å². The largest absolute Gasteiger partial charge is 0.310 e. The SMILES string of the molecule is Cc1cc(C)n2c(SCC(=O)Nc3cc(C(C)(C)C)nn3-c3ccccc3)nnc2n1. The molecule has 0 radical (unpaired) electrons. The van der Waals surface area contributed by atoms with Gasteiger partial charge in [0.1, 0.15) is 5.82 Å². The molecule has 0 aliphatic carbocycles. The van der Waals surface area contributed by atoms with Crippen molar-refractivity contribution in [1.29, 1.82) is 0 Å². The Kier molecular flexibility index (Phi) is 5.53. The second-order valence-electron chi connectivity index (χ2n) is 8.41. The van der Waals surface area contributed by atoms with Gasteiger partial charge in [0.2, 0.25) is 5.91 Å². The van der Waals surface area contributed by atoms with E-state index in [2.05, 4.69) is 41.3 Å². The summed E-state index contributed by atoms with van der Waals surface area (Å²) in [6, 6.07) is 13.7. The lowest BCUT2D eigenvalue weighted by atomic mass is 9.92. The van der Waals surface area contributed by atoms with Gasteiger partial charge in [0.15, 0.2) is 5.16 Å². The molecular formula is C22H25N7OS. The smallest absolute Gasteiger partial charge is 0.256 e. The summed E-state index contributed by atoms with van der Waals surface area (Å²) >= 11 is 1.33. The summed E-state index contributed by atoms with van der Waals surface area (Å²) in [5, 5.41) is 16.7. The van der Waals surface area contributed by atoms with Crippen LogP contribution in [0.5, 0.6) is 0 Å². The number of nitrogens with zero attached hydrogens (tertiary/aromatic N) is 6. The van der Waals surface area contributed by atoms with E-state index in [9.17, 15) is 4.79 Å². The van der Waals surface area contributed by atoms with Gasteiger partial charge in [0.25, 0.3) is 5.78 Å². The number of aryl methyl sites for hydroxylation is 2. The first-order chi connectivity index (χ1) is 14.7. The Morgan fingerprint density at radius 1 is 1.10 bits per heavy atom. The van der Waals surface area contributed by atoms with Crippen LogP contribution in [0.3, 0.4) is 0 Å². The summed E-state index contributed by atoms with van der Waals surface area (Å²) < 4.78 is 3.63. The van der Waals surface area contributed by atoms with Crippen LogP contribution >= 0.6 is 11.8 Å². The second kappa shape index (κ2) is 8.14. The first kappa shape index (κ1) is 21.0. The molecule has 0 saturated carbocycles. The van der Waals surface area contributed by atoms with Gasteiger partial charge in [-0.3, -0.25) is 9.20 Å². The molecule has 0 aliphatic rings. The highest BCUT2D eigenvalue weighted by atomic mass is 32.2. The molecule has 0 saturated heterocycles. The van der Waals surface area contributed by atoms with Crippen molar-refractivity contribution in [2.75, 3.05) is 11.1 Å². The molecule has 0 fully saturated rings. The van der Waals surface area contributed by atoms with Gasteiger partial charge in [0.05, 0.1) is 17.1 Å². The standard InChI is InChI=1S/C22H25N7OS/c1-14-11-15(2)28-20(23-14)25-26-21(28)31-13-19(30)24-18-12-17(22(3,4)5)27-29(18)16-9-7-6-8-10-16/h6-12H,13H2,1-5H3,(H,24,30). The molecule has 0 bridgehead atoms. The molecule has 1 N–H and O–H groups in total. The lowest BCUT2D eigenvalue weighted by Crippen LogP contribution is -2.17. The van der Waals surface area contributed by atoms with E-state index in [1.54, 1.807) is 4.68 Å². The molecule has 4 aromatic rings. The fourth-order valence-corrected chi connectivity index (χ4v) is 3.99. The van der Waals surface area contributed by atoms with Crippen LogP contribution in [0.25, 0.3) is 11.5 Å². The number of hydrogen-bond acceptors (Lipinski definition) is 6. The van der Waals surface area contributed by atoms with Crippen molar-refractivity contribution >= 4 is 29.3 Å². The van der Waals surface area contributed by atoms with Gasteiger partial charge in [0, 0.05) is 22.9 Å². The predicted molar refractivity (Wildman–Crippen MR) is 122 cm³/mol. The number of nitrogens with one attached hydrogen (secondary N) is 1. The predicted octanol–water partition coefficient (Wildman–Crippen LogP) is 3.96. The third-order valence-electron chi connectivity index (χ3n) is 4.74. The van der Waals surface area contributed by atoms with Crippen molar-refractivity contribution in [3.8, 4) is 5.69 Å². The monoisotopic (exact) mass is 435 g/mol. The summed E-state index contributed by atoms with van der Waals surface area (Å²) in [6.07, 6.45) is 0. The van der Waals surface area contributed by atoms with Crippen molar-refractivity contribution in [3.63, 3.8) is 0 Å². The van der Waals surface area contributed by atoms with Crippen LogP contribution in [0, 0.1) is 13.8 Å². The molecule has 0 unspecified atom stereocenters. The van der Waals surface area contributed by atoms with Crippen molar-refractivity contribution in [3.05, 3.63) is 59.5 Å². The number of carbonyl (C=O) groups excluding carboxylic acids is 1. The quantitative estimate of drug-likeness (QED) is 0.477. The molecular weight excluding hydrogens is 410 g/mol. The summed E-state index contributed by atoms with van der Waals surface area (Å²) in [5.41, 5.74) is 3.52. The minimum Gasteiger partial charge on any atom is -0.310 e. The zero-order chi connectivity index (χ0) is 22.2. The maximum Gasteiger partial charge on any atom is 0.256 e. The molecule has 3 heterocycles. The number of para-hydroxylation sites is 1. The van der Waals surface area contributed by atoms with Crippen molar-refractivity contribution in [1.82, 2.24) is 29.4 Å². The summed E-state index contributed by atoms with van der Waals surface area (Å²) in [7, 11) is 0. The third kappa shape index (κ3) is 4.46. The Morgan fingerprint density at radius 2 is 1.84 bits per heavy atom. The van der Waals surface area contributed by atoms with Crippen LogP contribution < -0.4 is 5.32 Å². The zero-order valence-corrected chi connectivity index (χ0v) is 19.1. The average Bonchev–Trinajstić information content (AvgIpc) is 3.31. The zero-order valence-electron chi connectivity index (χ0n) is 18.2. The molecule has 31 heavy (non-hydrogen) atoms. The number of aromatic nitrogens is 6. The number of fused-ring (bicyclic) bond motifs is 1. The number of rotatable bonds is 5. The molecule has 3 aromatic heterocycles. The van der Waals surface area contributed by atoms with Gasteiger partial charge < -0.3 is 5.32 Å². The molecule has 1 amide bonds. The molecule has 160 valence electrons. The van der Waals surface area contributed by atoms with Crippen LogP contribution in [-0.4, -0.2) is 41.0 Å². The van der Waals surface area contributed by atoms with Gasteiger partial charge in [-0.2, -0.15) is 5.10 Å². The fourth-order valence-electron chi connectivity index (χ4n) is 3.21. The van der Waals surface area contributed by atoms with Crippen LogP contribution in [0.2, 0.25) is 0 Å². The number of benzene rings is 1. The molecule has 4 rings (SSSR count). The Balaban J connectivity index is 1.54. The molecule has 9 heteroatoms. The average molecular weight is 436 g/mol. The van der Waals surface area contributed by atoms with Gasteiger partial charge >= 0.3 is 0 Å². The van der Waals surface area contributed by atoms with E-state index in [0.29, 0.717) is 16.8 Å². The number of amides is 1. The first-order valence-electron chi connectivity index (χ1n) is 10.0. The van der Waals surface area contributed by atoms with Gasteiger partial charge in [-0.1, -0.05) is 50.7 Å². The van der Waals surface area contributed by atoms with Crippen molar-refractivity contribution < 1.29 is 4.79 Å². The van der Waals surface area contributed by atoms with Crippen molar-refractivity contribution in [2.45, 2.75) is 45.2 Å². The fraction of sp³-hybridized carbons (Fsp3) is 0.318. The molecule has 8 nitrogen and oxygen atoms in total. The maximum atomic E-state index is 12.8. The Hall–Kier alpha value is -3.20. The number of hydrogen-bond donors (Lipinski definition) is 1. The van der Waals surface area contributed by atoms with Gasteiger partial charge in [-0.05, 0) is 32.0 Å². The topological polar surface area (TPSA) is 90.0 Å². The highest BCUT2D eigenvalue weighted by Gasteiger charge is 2.22. The summed E-state index contributed by atoms with van der Waals surface area (Å²) in [4.78, 5) is 17.2. The molecule has 0 spiro atoms. The highest BCUT2D eigenvalue weighted by Crippen LogP contribution is 2.27. The lowest BCUT2D eigenvalue weighted by Gasteiger charge is -2.14. The Labute approximate surface area is 185 Å². The third-order valence-corrected chi connectivity index (χ3v) is 5.67. The van der Waals surface area contributed by atoms with Crippen LogP contribution in [0.1, 0.15) is 37.9 Å². The van der Waals surface area contributed by atoms with E-state index in [-0.39, 0.29) is 17.1 Å². The van der Waals surface area contributed by atoms with Crippen LogP contribution in [0.4, 0.5) is 5.82 Å². The van der Waals surface area contributed by atoms with Gasteiger partial charge in [-0.25, -0.2) is 9.67 Å². The van der Waals surface area contributed by atoms with E-state index in [1.807, 2.05) is 60.7 Å². The van der Waals surface area contributed by atoms with E-state index >= 15 is 0 Å². The maximum absolute atomic E-state index is 12.8. The normalized spacial score (nSPS) is 11.8. The highest BCUT2D eigenvalue weighted by molar-refractivity contribution is 7.99. The van der Waals surface area contributed by atoms with E-state index in [1.165, 1.54) is 11.8 Å². The second-order valence-corrected chi connectivity index (χ2v) is 9.35. The number of thioether (sulfide) groups is 1. The minimum absolute atomic E-state index is 0.142. The van der Waals surface area contributed by atoms with Crippen LogP contribution in [-0.2, 0) is 10.2 Å². The number of anilines is 1. The van der Waals surface area contributed by atoms with E-state index in [4.69, 9.17) is 5.10 Å². The lowest BCUT2D eigenvalue weighted by molar-refractivity contribution is -0.113. The van der Waals surface area contributed by atoms with Gasteiger partial charge in [-0.15, -0.1) is 10.2 Å². The van der Waals surface area contributed by atoms with E-state index < -0.39 is 0 Å². The summed E-state index contributed by atoms with van der Waals surface area (Å²) in [5.74, 6) is 1.23. The summed E-state index contributed by atoms with van der Waals surface area (Å²) in [6.45, 7) is 10.2. The molecule has 0 atom stereocenters. The Bertz CT molecular complexity index is 1240. The molecule has 1 aromatic carbocycles. The number of carbonyl (C=O) groups is 1. The molecule has 0 aliphatic heterocycles. The Morgan fingerprint density at radius 3 is 2.55 bits per heavy atom. The first-order valence-corrected chi connectivity index (χ1v) is 11.0. The minimum atomic E-state index is -0.142. The van der Waals surface area contributed by atoms with Crippen molar-refractivity contribution in [2.24, 2.45) is 0 Å². The van der Waals surface area contributed by atoms with Crippen LogP contribution in [0.15, 0.2) is 47.6 Å².